The molecule has 0 bridgehead atoms. The van der Waals surface area contributed by atoms with E-state index in [1.54, 1.807) is 6.07 Å². The first-order valence-corrected chi connectivity index (χ1v) is 6.00. The summed E-state index contributed by atoms with van der Waals surface area (Å²) >= 11 is 5.81. The van der Waals surface area contributed by atoms with Gasteiger partial charge in [0.25, 0.3) is 0 Å². The van der Waals surface area contributed by atoms with Crippen LogP contribution in [0, 0.1) is 17.5 Å². The van der Waals surface area contributed by atoms with Gasteiger partial charge in [0.2, 0.25) is 0 Å². The summed E-state index contributed by atoms with van der Waals surface area (Å²) < 4.78 is 39.6. The second-order valence-corrected chi connectivity index (χ2v) is 4.57. The number of rotatable bonds is 3. The van der Waals surface area contributed by atoms with Crippen LogP contribution in [-0.2, 0) is 6.42 Å². The Labute approximate surface area is 113 Å². The monoisotopic (exact) mass is 285 g/mol. The van der Waals surface area contributed by atoms with Crippen LogP contribution in [0.25, 0.3) is 0 Å². The molecule has 2 aromatic carbocycles. The molecule has 1 atom stereocenters. The summed E-state index contributed by atoms with van der Waals surface area (Å²) in [4.78, 5) is 0. The van der Waals surface area contributed by atoms with E-state index in [9.17, 15) is 13.2 Å². The minimum absolute atomic E-state index is 0.0717. The van der Waals surface area contributed by atoms with Crippen molar-refractivity contribution in [2.75, 3.05) is 0 Å². The van der Waals surface area contributed by atoms with E-state index in [-0.39, 0.29) is 17.0 Å². The third kappa shape index (κ3) is 3.08. The molecule has 0 amide bonds. The van der Waals surface area contributed by atoms with Crippen molar-refractivity contribution in [1.82, 2.24) is 0 Å². The third-order valence-electron chi connectivity index (χ3n) is 2.84. The van der Waals surface area contributed by atoms with E-state index in [0.717, 1.165) is 12.1 Å². The Hall–Kier alpha value is -1.52. The fourth-order valence-electron chi connectivity index (χ4n) is 1.84. The highest BCUT2D eigenvalue weighted by Crippen LogP contribution is 2.27. The molecule has 0 aliphatic rings. The lowest BCUT2D eigenvalue weighted by atomic mass is 9.99. The topological polar surface area (TPSA) is 26.0 Å². The lowest BCUT2D eigenvalue weighted by Gasteiger charge is -2.14. The van der Waals surface area contributed by atoms with E-state index >= 15 is 0 Å². The first-order chi connectivity index (χ1) is 8.99. The number of nitrogens with two attached hydrogens (primary N) is 1. The van der Waals surface area contributed by atoms with Gasteiger partial charge < -0.3 is 5.73 Å². The van der Waals surface area contributed by atoms with E-state index in [1.165, 1.54) is 18.2 Å². The van der Waals surface area contributed by atoms with Crippen molar-refractivity contribution in [3.63, 3.8) is 0 Å². The third-order valence-corrected chi connectivity index (χ3v) is 3.23. The van der Waals surface area contributed by atoms with Gasteiger partial charge in [-0.05, 0) is 29.7 Å². The molecule has 5 heteroatoms. The molecular formula is C14H11ClF3N. The van der Waals surface area contributed by atoms with Gasteiger partial charge >= 0.3 is 0 Å². The van der Waals surface area contributed by atoms with Crippen LogP contribution in [0.2, 0.25) is 5.02 Å². The number of halogens is 4. The molecule has 0 aromatic heterocycles. The predicted molar refractivity (Wildman–Crippen MR) is 68.4 cm³/mol. The number of benzene rings is 2. The molecule has 0 radical (unpaired) electrons. The molecule has 0 aliphatic heterocycles. The molecule has 0 saturated carbocycles. The fourth-order valence-corrected chi connectivity index (χ4v) is 2.11. The number of hydrogen-bond donors (Lipinski definition) is 1. The first kappa shape index (κ1) is 13.9. The Balaban J connectivity index is 2.25. The van der Waals surface area contributed by atoms with Crippen LogP contribution in [0.15, 0.2) is 36.4 Å². The smallest absolute Gasteiger partial charge is 0.142 e. The Morgan fingerprint density at radius 1 is 1.05 bits per heavy atom. The zero-order valence-corrected chi connectivity index (χ0v) is 10.6. The Morgan fingerprint density at radius 3 is 2.47 bits per heavy atom. The molecule has 2 aromatic rings. The van der Waals surface area contributed by atoms with Crippen LogP contribution in [0.3, 0.4) is 0 Å². The highest BCUT2D eigenvalue weighted by atomic mass is 35.5. The first-order valence-electron chi connectivity index (χ1n) is 5.62. The summed E-state index contributed by atoms with van der Waals surface area (Å²) in [5, 5.41) is -0.0717. The normalized spacial score (nSPS) is 12.5. The SMILES string of the molecule is NC(Cc1ccc(F)cc1F)c1cccc(F)c1Cl. The van der Waals surface area contributed by atoms with Crippen LogP contribution < -0.4 is 5.73 Å². The average Bonchev–Trinajstić information content (AvgIpc) is 2.36. The quantitative estimate of drug-likeness (QED) is 0.906. The van der Waals surface area contributed by atoms with Gasteiger partial charge in [0.05, 0.1) is 5.02 Å². The summed E-state index contributed by atoms with van der Waals surface area (Å²) in [5.41, 5.74) is 6.54. The minimum atomic E-state index is -0.678. The minimum Gasteiger partial charge on any atom is -0.324 e. The van der Waals surface area contributed by atoms with Gasteiger partial charge in [0.1, 0.15) is 17.5 Å². The second-order valence-electron chi connectivity index (χ2n) is 4.19. The van der Waals surface area contributed by atoms with Gasteiger partial charge in [-0.3, -0.25) is 0 Å². The van der Waals surface area contributed by atoms with Crippen molar-refractivity contribution in [1.29, 1.82) is 0 Å². The van der Waals surface area contributed by atoms with Crippen molar-refractivity contribution in [2.45, 2.75) is 12.5 Å². The lowest BCUT2D eigenvalue weighted by molar-refractivity contribution is 0.562. The maximum Gasteiger partial charge on any atom is 0.142 e. The van der Waals surface area contributed by atoms with Crippen LogP contribution >= 0.6 is 11.6 Å². The molecule has 2 rings (SSSR count). The molecule has 0 aliphatic carbocycles. The molecule has 0 saturated heterocycles. The maximum absolute atomic E-state index is 13.5. The zero-order chi connectivity index (χ0) is 14.0. The molecule has 0 spiro atoms. The second kappa shape index (κ2) is 5.63. The lowest BCUT2D eigenvalue weighted by Crippen LogP contribution is -2.15. The Bertz CT molecular complexity index is 601. The van der Waals surface area contributed by atoms with Crippen LogP contribution in [0.4, 0.5) is 13.2 Å². The van der Waals surface area contributed by atoms with E-state index in [0.29, 0.717) is 5.56 Å². The summed E-state index contributed by atoms with van der Waals surface area (Å²) in [6.07, 6.45) is 0.106. The van der Waals surface area contributed by atoms with Crippen molar-refractivity contribution >= 4 is 11.6 Å². The summed E-state index contributed by atoms with van der Waals surface area (Å²) in [6, 6.07) is 6.88. The van der Waals surface area contributed by atoms with Crippen LogP contribution in [0.1, 0.15) is 17.2 Å². The van der Waals surface area contributed by atoms with Crippen LogP contribution in [0.5, 0.6) is 0 Å². The van der Waals surface area contributed by atoms with E-state index < -0.39 is 23.5 Å². The molecule has 1 nitrogen and oxygen atoms in total. The van der Waals surface area contributed by atoms with Gasteiger partial charge in [-0.25, -0.2) is 13.2 Å². The standard InChI is InChI=1S/C14H11ClF3N/c15-14-10(2-1-3-11(14)17)13(19)6-8-4-5-9(16)7-12(8)18/h1-5,7,13H,6,19H2. The van der Waals surface area contributed by atoms with Crippen molar-refractivity contribution < 1.29 is 13.2 Å². The fraction of sp³-hybridized carbons (Fsp3) is 0.143. The summed E-state index contributed by atoms with van der Waals surface area (Å²) in [7, 11) is 0. The van der Waals surface area contributed by atoms with Gasteiger partial charge in [-0.2, -0.15) is 0 Å². The van der Waals surface area contributed by atoms with Gasteiger partial charge in [0, 0.05) is 12.1 Å². The van der Waals surface area contributed by atoms with E-state index in [2.05, 4.69) is 0 Å². The van der Waals surface area contributed by atoms with Gasteiger partial charge in [-0.1, -0.05) is 29.8 Å². The largest absolute Gasteiger partial charge is 0.324 e. The van der Waals surface area contributed by atoms with Gasteiger partial charge in [0.15, 0.2) is 0 Å². The zero-order valence-electron chi connectivity index (χ0n) is 9.84. The Kier molecular flexibility index (Phi) is 4.12. The maximum atomic E-state index is 13.5. The molecule has 0 heterocycles. The molecule has 19 heavy (non-hydrogen) atoms. The molecule has 1 unspecified atom stereocenters. The van der Waals surface area contributed by atoms with Gasteiger partial charge in [-0.15, -0.1) is 0 Å². The van der Waals surface area contributed by atoms with Crippen LogP contribution in [-0.4, -0.2) is 0 Å². The Morgan fingerprint density at radius 2 is 1.79 bits per heavy atom. The van der Waals surface area contributed by atoms with Crippen molar-refractivity contribution in [2.24, 2.45) is 5.73 Å². The molecule has 0 fully saturated rings. The number of hydrogen-bond acceptors (Lipinski definition) is 1. The molecular weight excluding hydrogens is 275 g/mol. The predicted octanol–water partition coefficient (Wildman–Crippen LogP) is 4.00. The van der Waals surface area contributed by atoms with E-state index in [1.807, 2.05) is 0 Å². The summed E-state index contributed by atoms with van der Waals surface area (Å²) in [5.74, 6) is -1.91. The molecule has 2 N–H and O–H groups in total. The summed E-state index contributed by atoms with van der Waals surface area (Å²) in [6.45, 7) is 0. The van der Waals surface area contributed by atoms with E-state index in [4.69, 9.17) is 17.3 Å². The molecule has 100 valence electrons. The van der Waals surface area contributed by atoms with Crippen molar-refractivity contribution in [3.8, 4) is 0 Å². The highest BCUT2D eigenvalue weighted by molar-refractivity contribution is 6.31. The van der Waals surface area contributed by atoms with Crippen molar-refractivity contribution in [3.05, 3.63) is 70.0 Å². The average molecular weight is 286 g/mol. The highest BCUT2D eigenvalue weighted by Gasteiger charge is 2.15.